The molecular weight excluding hydrogens is 601 g/mol. The lowest BCUT2D eigenvalue weighted by Gasteiger charge is -2.44. The Kier molecular flexibility index (Phi) is 32.9. The van der Waals surface area contributed by atoms with Gasteiger partial charge in [-0.1, -0.05) is 194 Å². The highest BCUT2D eigenvalue weighted by molar-refractivity contribution is 5.09. The van der Waals surface area contributed by atoms with Crippen LogP contribution in [0.1, 0.15) is 239 Å². The highest BCUT2D eigenvalue weighted by Crippen LogP contribution is 2.50. The van der Waals surface area contributed by atoms with Gasteiger partial charge >= 0.3 is 0 Å². The summed E-state index contributed by atoms with van der Waals surface area (Å²) >= 11 is 0. The maximum atomic E-state index is 2.41. The molecular formula is C50H106. The second kappa shape index (κ2) is 28.0. The van der Waals surface area contributed by atoms with Crippen molar-refractivity contribution in [1.29, 1.82) is 0 Å². The summed E-state index contributed by atoms with van der Waals surface area (Å²) in [5.74, 6) is 6.53. The van der Waals surface area contributed by atoms with Crippen molar-refractivity contribution in [3.8, 4) is 0 Å². The molecule has 50 heavy (non-hydrogen) atoms. The lowest BCUT2D eigenvalue weighted by molar-refractivity contribution is 0.0587. The number of hydrogen-bond acceptors (Lipinski definition) is 0. The van der Waals surface area contributed by atoms with Crippen LogP contribution in [0.15, 0.2) is 22.3 Å². The summed E-state index contributed by atoms with van der Waals surface area (Å²) < 4.78 is 0. The zero-order chi connectivity index (χ0) is 38.8. The molecule has 0 atom stereocenters. The van der Waals surface area contributed by atoms with E-state index in [0.29, 0.717) is 16.2 Å². The fourth-order valence-corrected chi connectivity index (χ4v) is 7.71. The van der Waals surface area contributed by atoms with E-state index in [9.17, 15) is 0 Å². The number of hydrogen-bond donors (Lipinski definition) is 0. The zero-order valence-corrected chi connectivity index (χ0v) is 38.5. The number of allylic oxidation sites excluding steroid dienone is 4. The SMILES string of the molecule is C.C.CC(C)=C(C)C(C)C.CC(C)=C(C)C(C)C.CC(C)C(C)(C)C(C)C.CC(C)C1(C(C)C)CCCC1.CC(C)C1(C(C)C)CCCCC1. The van der Waals surface area contributed by atoms with E-state index in [-0.39, 0.29) is 14.9 Å². The molecule has 2 saturated carbocycles. The first-order chi connectivity index (χ1) is 21.7. The van der Waals surface area contributed by atoms with Crippen molar-refractivity contribution in [2.24, 2.45) is 63.6 Å². The van der Waals surface area contributed by atoms with E-state index in [1.54, 1.807) is 0 Å². The number of rotatable bonds is 8. The van der Waals surface area contributed by atoms with E-state index in [2.05, 4.69) is 166 Å². The van der Waals surface area contributed by atoms with Crippen LogP contribution in [-0.2, 0) is 0 Å². The van der Waals surface area contributed by atoms with E-state index in [1.807, 2.05) is 0 Å². The maximum Gasteiger partial charge on any atom is -0.0251 e. The Morgan fingerprint density at radius 1 is 0.380 bits per heavy atom. The molecule has 0 amide bonds. The molecule has 0 aromatic rings. The predicted octanol–water partition coefficient (Wildman–Crippen LogP) is 18.7. The van der Waals surface area contributed by atoms with Crippen LogP contribution in [0, 0.1) is 63.6 Å². The van der Waals surface area contributed by atoms with Gasteiger partial charge < -0.3 is 0 Å². The Morgan fingerprint density at radius 3 is 0.660 bits per heavy atom. The molecule has 0 bridgehead atoms. The van der Waals surface area contributed by atoms with E-state index < -0.39 is 0 Å². The monoisotopic (exact) mass is 707 g/mol. The van der Waals surface area contributed by atoms with E-state index in [4.69, 9.17) is 0 Å². The second-order valence-electron chi connectivity index (χ2n) is 19.7. The molecule has 0 unspecified atom stereocenters. The fraction of sp³-hybridized carbons (Fsp3) is 0.920. The molecule has 2 rings (SSSR count). The molecule has 2 aliphatic carbocycles. The smallest absolute Gasteiger partial charge is 0.0251 e. The average molecular weight is 707 g/mol. The summed E-state index contributed by atoms with van der Waals surface area (Å²) in [6.07, 6.45) is 13.2. The standard InChI is InChI=1S/C12H24.C11H22.C9H20.2C8H16.2CH4/c1-10(2)12(11(3)4)8-6-5-7-9-12;1-9(2)11(10(3)4)7-5-6-8-11;1-7(2)9(5,6)8(3)4;2*1-6(2)8(5)7(3)4;;/h10-11H,5-9H2,1-4H3;9-10H,5-8H2,1-4H3;7-8H,1-6H3;2*6H,1-5H3;2*1H4. The van der Waals surface area contributed by atoms with E-state index >= 15 is 0 Å². The van der Waals surface area contributed by atoms with E-state index in [0.717, 1.165) is 47.3 Å². The van der Waals surface area contributed by atoms with Crippen LogP contribution in [-0.4, -0.2) is 0 Å². The van der Waals surface area contributed by atoms with Crippen LogP contribution in [0.5, 0.6) is 0 Å². The third kappa shape index (κ3) is 20.6. The van der Waals surface area contributed by atoms with Crippen molar-refractivity contribution in [1.82, 2.24) is 0 Å². The Balaban J connectivity index is -0.000000169. The molecule has 0 radical (unpaired) electrons. The molecule has 0 aromatic carbocycles. The third-order valence-corrected chi connectivity index (χ3v) is 14.2. The Morgan fingerprint density at radius 2 is 0.580 bits per heavy atom. The fourth-order valence-electron chi connectivity index (χ4n) is 7.71. The first-order valence-electron chi connectivity index (χ1n) is 21.0. The first kappa shape index (κ1) is 58.8. The Hall–Kier alpha value is -0.520. The lowest BCUT2D eigenvalue weighted by atomic mass is 9.61. The van der Waals surface area contributed by atoms with Gasteiger partial charge in [-0.3, -0.25) is 0 Å². The van der Waals surface area contributed by atoms with Crippen LogP contribution in [0.2, 0.25) is 0 Å². The van der Waals surface area contributed by atoms with Crippen LogP contribution in [0.4, 0.5) is 0 Å². The van der Waals surface area contributed by atoms with Crippen molar-refractivity contribution >= 4 is 0 Å². The van der Waals surface area contributed by atoms with Gasteiger partial charge in [-0.05, 0) is 131 Å². The highest BCUT2D eigenvalue weighted by Gasteiger charge is 2.39. The maximum absolute atomic E-state index is 2.41. The first-order valence-corrected chi connectivity index (χ1v) is 21.0. The molecule has 0 aliphatic heterocycles. The lowest BCUT2D eigenvalue weighted by Crippen LogP contribution is -2.35. The molecule has 306 valence electrons. The molecule has 0 heterocycles. The Labute approximate surface area is 323 Å². The minimum absolute atomic E-state index is 0. The second-order valence-corrected chi connectivity index (χ2v) is 19.7. The van der Waals surface area contributed by atoms with Crippen molar-refractivity contribution in [3.05, 3.63) is 22.3 Å². The molecule has 2 fully saturated rings. The van der Waals surface area contributed by atoms with Crippen LogP contribution in [0.25, 0.3) is 0 Å². The van der Waals surface area contributed by atoms with Crippen molar-refractivity contribution < 1.29 is 0 Å². The van der Waals surface area contributed by atoms with Gasteiger partial charge in [-0.2, -0.15) is 0 Å². The van der Waals surface area contributed by atoms with Gasteiger partial charge in [0.2, 0.25) is 0 Å². The van der Waals surface area contributed by atoms with Crippen LogP contribution >= 0.6 is 0 Å². The minimum atomic E-state index is 0. The molecule has 0 aromatic heterocycles. The molecule has 0 saturated heterocycles. The summed E-state index contributed by atoms with van der Waals surface area (Å²) in [6, 6.07) is 0. The third-order valence-electron chi connectivity index (χ3n) is 14.2. The average Bonchev–Trinajstić information content (AvgIpc) is 3.49. The quantitative estimate of drug-likeness (QED) is 0.220. The van der Waals surface area contributed by atoms with Crippen molar-refractivity contribution in [3.63, 3.8) is 0 Å². The summed E-state index contributed by atoms with van der Waals surface area (Å²) in [5.41, 5.74) is 7.83. The summed E-state index contributed by atoms with van der Waals surface area (Å²) in [6.45, 7) is 55.0. The molecule has 0 spiro atoms. The van der Waals surface area contributed by atoms with Crippen LogP contribution < -0.4 is 0 Å². The molecule has 0 nitrogen and oxygen atoms in total. The summed E-state index contributed by atoms with van der Waals surface area (Å²) in [7, 11) is 0. The molecule has 0 heteroatoms. The largest absolute Gasteiger partial charge is 0.0776 e. The van der Waals surface area contributed by atoms with Crippen molar-refractivity contribution in [2.75, 3.05) is 0 Å². The normalized spacial score (nSPS) is 16.3. The Bertz CT molecular complexity index is 786. The van der Waals surface area contributed by atoms with Crippen LogP contribution in [0.3, 0.4) is 0 Å². The molecule has 2 aliphatic rings. The predicted molar refractivity (Wildman–Crippen MR) is 240 cm³/mol. The highest BCUT2D eigenvalue weighted by atomic mass is 14.4. The summed E-state index contributed by atoms with van der Waals surface area (Å²) in [5, 5.41) is 0. The summed E-state index contributed by atoms with van der Waals surface area (Å²) in [4.78, 5) is 0. The zero-order valence-electron chi connectivity index (χ0n) is 38.5. The van der Waals surface area contributed by atoms with Gasteiger partial charge in [0, 0.05) is 0 Å². The minimum Gasteiger partial charge on any atom is -0.0776 e. The van der Waals surface area contributed by atoms with E-state index in [1.165, 1.54) is 80.1 Å². The van der Waals surface area contributed by atoms with Gasteiger partial charge in [0.15, 0.2) is 0 Å². The molecule has 0 N–H and O–H groups in total. The van der Waals surface area contributed by atoms with Gasteiger partial charge in [0.25, 0.3) is 0 Å². The van der Waals surface area contributed by atoms with Crippen molar-refractivity contribution in [2.45, 2.75) is 239 Å². The van der Waals surface area contributed by atoms with Gasteiger partial charge in [-0.15, -0.1) is 0 Å². The topological polar surface area (TPSA) is 0 Å². The van der Waals surface area contributed by atoms with Gasteiger partial charge in [0.05, 0.1) is 0 Å². The van der Waals surface area contributed by atoms with Gasteiger partial charge in [0.1, 0.15) is 0 Å². The van der Waals surface area contributed by atoms with Gasteiger partial charge in [-0.25, -0.2) is 0 Å².